The normalized spacial score (nSPS) is 16.2. The van der Waals surface area contributed by atoms with Gasteiger partial charge >= 0.3 is 5.97 Å². The van der Waals surface area contributed by atoms with Crippen molar-refractivity contribution in [2.75, 3.05) is 38.3 Å². The van der Waals surface area contributed by atoms with E-state index in [0.717, 1.165) is 37.9 Å². The zero-order chi connectivity index (χ0) is 32.5. The number of nitrogens with zero attached hydrogens (tertiary/aromatic N) is 5. The van der Waals surface area contributed by atoms with Crippen LogP contribution in [-0.4, -0.2) is 77.3 Å². The quantitative estimate of drug-likeness (QED) is 0.182. The van der Waals surface area contributed by atoms with Crippen LogP contribution in [0.4, 0.5) is 0 Å². The fourth-order valence-corrected chi connectivity index (χ4v) is 7.44. The van der Waals surface area contributed by atoms with Gasteiger partial charge in [0.15, 0.2) is 9.84 Å². The topological polar surface area (TPSA) is 130 Å². The highest BCUT2D eigenvalue weighted by Crippen LogP contribution is 2.42. The lowest BCUT2D eigenvalue weighted by atomic mass is 9.84. The maximum Gasteiger partial charge on any atom is 0.302 e. The van der Waals surface area contributed by atoms with Gasteiger partial charge in [0.2, 0.25) is 11.7 Å². The molecule has 1 fully saturated rings. The van der Waals surface area contributed by atoms with E-state index in [4.69, 9.17) is 19.0 Å². The van der Waals surface area contributed by atoms with E-state index in [9.17, 15) is 13.2 Å². The number of aromatic nitrogens is 4. The van der Waals surface area contributed by atoms with Gasteiger partial charge in [-0.05, 0) is 50.1 Å². The molecule has 0 N–H and O–H groups in total. The lowest BCUT2D eigenvalue weighted by Gasteiger charge is -2.25. The van der Waals surface area contributed by atoms with E-state index in [1.807, 2.05) is 24.0 Å². The van der Waals surface area contributed by atoms with E-state index in [0.29, 0.717) is 49.9 Å². The second kappa shape index (κ2) is 13.3. The lowest BCUT2D eigenvalue weighted by Crippen LogP contribution is -2.39. The van der Waals surface area contributed by atoms with Gasteiger partial charge in [-0.25, -0.2) is 8.42 Å². The second-order valence-electron chi connectivity index (χ2n) is 12.3. The highest BCUT2D eigenvalue weighted by Gasteiger charge is 2.30. The first-order valence-electron chi connectivity index (χ1n) is 15.0. The van der Waals surface area contributed by atoms with Crippen LogP contribution in [0.1, 0.15) is 57.9 Å². The van der Waals surface area contributed by atoms with Crippen LogP contribution in [0.2, 0.25) is 0 Å². The number of ether oxygens (including phenoxy) is 2. The molecule has 0 aliphatic carbocycles. The SMILES string of the molecule is CCn1c(-c2cc(-c3noc(CN4CCS(=O)(=O)CC4)n3)cnc2[C@H](C)OC)c(CC(C)(C)COC(C)=O)c2cc(Br)ccc21. The first-order valence-corrected chi connectivity index (χ1v) is 17.6. The molecule has 13 heteroatoms. The number of rotatable bonds is 11. The highest BCUT2D eigenvalue weighted by molar-refractivity contribution is 9.10. The monoisotopic (exact) mass is 701 g/mol. The van der Waals surface area contributed by atoms with Gasteiger partial charge in [0.25, 0.3) is 0 Å². The van der Waals surface area contributed by atoms with Crippen LogP contribution in [0.5, 0.6) is 0 Å². The number of hydrogen-bond acceptors (Lipinski definition) is 10. The molecule has 0 bridgehead atoms. The first-order chi connectivity index (χ1) is 21.3. The molecule has 1 aliphatic heterocycles. The Morgan fingerprint density at radius 1 is 1.20 bits per heavy atom. The summed E-state index contributed by atoms with van der Waals surface area (Å²) < 4.78 is 43.8. The van der Waals surface area contributed by atoms with Gasteiger partial charge in [-0.3, -0.25) is 14.7 Å². The predicted molar refractivity (Wildman–Crippen MR) is 175 cm³/mol. The molecular weight excluding hydrogens is 662 g/mol. The Morgan fingerprint density at radius 3 is 2.60 bits per heavy atom. The number of sulfone groups is 1. The van der Waals surface area contributed by atoms with Crippen LogP contribution in [-0.2, 0) is 43.6 Å². The zero-order valence-corrected chi connectivity index (χ0v) is 29.0. The van der Waals surface area contributed by atoms with Gasteiger partial charge in [0.1, 0.15) is 0 Å². The smallest absolute Gasteiger partial charge is 0.302 e. The summed E-state index contributed by atoms with van der Waals surface area (Å²) in [5, 5.41) is 5.37. The molecule has 1 aromatic carbocycles. The van der Waals surface area contributed by atoms with Crippen LogP contribution in [0.25, 0.3) is 33.5 Å². The third kappa shape index (κ3) is 7.48. The number of carbonyl (C=O) groups excluding carboxylic acids is 1. The maximum atomic E-state index is 11.8. The number of hydrogen-bond donors (Lipinski definition) is 0. The Morgan fingerprint density at radius 2 is 1.93 bits per heavy atom. The Hall–Kier alpha value is -3.13. The first kappa shape index (κ1) is 33.2. The van der Waals surface area contributed by atoms with Crippen molar-refractivity contribution >= 4 is 42.6 Å². The van der Waals surface area contributed by atoms with E-state index in [1.54, 1.807) is 13.3 Å². The van der Waals surface area contributed by atoms with Crippen LogP contribution in [0, 0.1) is 5.41 Å². The molecule has 4 aromatic rings. The van der Waals surface area contributed by atoms with Crippen molar-refractivity contribution in [3.8, 4) is 22.6 Å². The third-order valence-electron chi connectivity index (χ3n) is 8.20. The average molecular weight is 703 g/mol. The summed E-state index contributed by atoms with van der Waals surface area (Å²) in [6, 6.07) is 8.33. The van der Waals surface area contributed by atoms with E-state index in [-0.39, 0.29) is 35.6 Å². The van der Waals surface area contributed by atoms with Gasteiger partial charge < -0.3 is 18.6 Å². The molecular formula is C32H40BrN5O6S. The molecule has 0 unspecified atom stereocenters. The van der Waals surface area contributed by atoms with Crippen LogP contribution in [0.3, 0.4) is 0 Å². The molecule has 4 heterocycles. The van der Waals surface area contributed by atoms with Crippen molar-refractivity contribution in [3.63, 3.8) is 0 Å². The van der Waals surface area contributed by atoms with E-state index < -0.39 is 9.84 Å². The predicted octanol–water partition coefficient (Wildman–Crippen LogP) is 5.61. The van der Waals surface area contributed by atoms with Crippen molar-refractivity contribution < 1.29 is 27.2 Å². The van der Waals surface area contributed by atoms with Crippen LogP contribution >= 0.6 is 15.9 Å². The van der Waals surface area contributed by atoms with Gasteiger partial charge in [-0.1, -0.05) is 34.9 Å². The number of methoxy groups -OCH3 is 1. The van der Waals surface area contributed by atoms with Crippen molar-refractivity contribution in [3.05, 3.63) is 52.1 Å². The van der Waals surface area contributed by atoms with Gasteiger partial charge in [0, 0.05) is 71.8 Å². The Bertz CT molecular complexity index is 1800. The Balaban J connectivity index is 1.62. The molecule has 0 radical (unpaired) electrons. The largest absolute Gasteiger partial charge is 0.465 e. The molecule has 0 amide bonds. The molecule has 1 saturated heterocycles. The fourth-order valence-electron chi connectivity index (χ4n) is 5.80. The fraction of sp³-hybridized carbons (Fsp3) is 0.500. The van der Waals surface area contributed by atoms with Crippen molar-refractivity contribution in [2.24, 2.45) is 5.41 Å². The lowest BCUT2D eigenvalue weighted by molar-refractivity contribution is -0.143. The summed E-state index contributed by atoms with van der Waals surface area (Å²) >= 11 is 3.67. The summed E-state index contributed by atoms with van der Waals surface area (Å²) in [7, 11) is -1.32. The van der Waals surface area contributed by atoms with E-state index in [1.165, 1.54) is 6.92 Å². The molecule has 5 rings (SSSR count). The Labute approximate surface area is 272 Å². The number of carbonyl (C=O) groups is 1. The van der Waals surface area contributed by atoms with Crippen LogP contribution in [0.15, 0.2) is 39.5 Å². The Kier molecular flexibility index (Phi) is 9.83. The number of aryl methyl sites for hydroxylation is 1. The molecule has 45 heavy (non-hydrogen) atoms. The number of esters is 1. The number of benzene rings is 1. The highest BCUT2D eigenvalue weighted by atomic mass is 79.9. The van der Waals surface area contributed by atoms with Crippen molar-refractivity contribution in [1.29, 1.82) is 0 Å². The summed E-state index contributed by atoms with van der Waals surface area (Å²) in [6.45, 7) is 11.9. The molecule has 1 aliphatic rings. The maximum absolute atomic E-state index is 11.8. The molecule has 3 aromatic heterocycles. The number of fused-ring (bicyclic) bond motifs is 1. The minimum Gasteiger partial charge on any atom is -0.465 e. The van der Waals surface area contributed by atoms with Crippen LogP contribution < -0.4 is 0 Å². The molecule has 0 saturated carbocycles. The molecule has 242 valence electrons. The van der Waals surface area contributed by atoms with Gasteiger partial charge in [-0.15, -0.1) is 0 Å². The van der Waals surface area contributed by atoms with Crippen molar-refractivity contribution in [1.82, 2.24) is 24.6 Å². The number of halogens is 1. The van der Waals surface area contributed by atoms with Gasteiger partial charge in [-0.2, -0.15) is 4.98 Å². The molecule has 1 atom stereocenters. The molecule has 11 nitrogen and oxygen atoms in total. The minimum atomic E-state index is -2.98. The average Bonchev–Trinajstić information content (AvgIpc) is 3.58. The van der Waals surface area contributed by atoms with Gasteiger partial charge in [0.05, 0.1) is 42.1 Å². The molecule has 0 spiro atoms. The zero-order valence-electron chi connectivity index (χ0n) is 26.6. The third-order valence-corrected chi connectivity index (χ3v) is 10.3. The minimum absolute atomic E-state index is 0.127. The summed E-state index contributed by atoms with van der Waals surface area (Å²) in [6.07, 6.45) is 2.07. The second-order valence-corrected chi connectivity index (χ2v) is 15.5. The van der Waals surface area contributed by atoms with Crippen molar-refractivity contribution in [2.45, 2.75) is 60.2 Å². The van der Waals surface area contributed by atoms with E-state index in [2.05, 4.69) is 63.5 Å². The number of pyridine rings is 1. The standard InChI is InChI=1S/C32H40BrN5O6S/c1-7-38-27-9-8-23(33)15-24(27)26(16-32(4,5)19-43-21(3)39)30(38)25-14-22(17-34-29(25)20(2)42-6)31-35-28(44-36-31)18-37-10-12-45(40,41)13-11-37/h8-9,14-15,17,20H,7,10-13,16,18-19H2,1-6H3/t20-/m0/s1. The summed E-state index contributed by atoms with van der Waals surface area (Å²) in [5.74, 6) is 0.768. The van der Waals surface area contributed by atoms with E-state index >= 15 is 0 Å². The summed E-state index contributed by atoms with van der Waals surface area (Å²) in [5.41, 5.74) is 5.20. The summed E-state index contributed by atoms with van der Waals surface area (Å²) in [4.78, 5) is 23.3.